The molecule has 1 heterocycles. The fourth-order valence-corrected chi connectivity index (χ4v) is 2.42. The summed E-state index contributed by atoms with van der Waals surface area (Å²) in [5, 5.41) is 0.718. The standard InChI is InChI=1S/C17H17ClN2/c1-17(2,3)12-6-4-11(5-7-12)16-19-14-9-8-13(18)10-15(14)20-16/h4-10H,1-3H3,(H,19,20). The van der Waals surface area contributed by atoms with E-state index in [2.05, 4.69) is 55.0 Å². The van der Waals surface area contributed by atoms with E-state index in [1.54, 1.807) is 0 Å². The highest BCUT2D eigenvalue weighted by molar-refractivity contribution is 6.31. The molecule has 20 heavy (non-hydrogen) atoms. The number of imidazole rings is 1. The lowest BCUT2D eigenvalue weighted by Gasteiger charge is -2.18. The Kier molecular flexibility index (Phi) is 3.06. The van der Waals surface area contributed by atoms with Crippen molar-refractivity contribution in [1.82, 2.24) is 9.97 Å². The molecule has 3 rings (SSSR count). The van der Waals surface area contributed by atoms with Crippen molar-refractivity contribution in [3.63, 3.8) is 0 Å². The zero-order chi connectivity index (χ0) is 14.3. The van der Waals surface area contributed by atoms with Gasteiger partial charge in [0.05, 0.1) is 11.0 Å². The maximum atomic E-state index is 6.00. The van der Waals surface area contributed by atoms with Crippen LogP contribution in [0.5, 0.6) is 0 Å². The predicted octanol–water partition coefficient (Wildman–Crippen LogP) is 5.18. The molecule has 0 radical (unpaired) electrons. The van der Waals surface area contributed by atoms with Crippen molar-refractivity contribution >= 4 is 22.6 Å². The van der Waals surface area contributed by atoms with E-state index in [1.165, 1.54) is 5.56 Å². The van der Waals surface area contributed by atoms with Crippen LogP contribution in [0.1, 0.15) is 26.3 Å². The molecular formula is C17H17ClN2. The first kappa shape index (κ1) is 13.2. The van der Waals surface area contributed by atoms with Gasteiger partial charge in [-0.15, -0.1) is 0 Å². The number of H-pyrrole nitrogens is 1. The van der Waals surface area contributed by atoms with E-state index in [0.29, 0.717) is 0 Å². The van der Waals surface area contributed by atoms with Crippen LogP contribution >= 0.6 is 11.6 Å². The van der Waals surface area contributed by atoms with Crippen LogP contribution in [0.4, 0.5) is 0 Å². The number of aromatic amines is 1. The first-order chi connectivity index (χ1) is 9.43. The van der Waals surface area contributed by atoms with Crippen LogP contribution < -0.4 is 0 Å². The number of rotatable bonds is 1. The average Bonchev–Trinajstić information content (AvgIpc) is 2.80. The van der Waals surface area contributed by atoms with E-state index < -0.39 is 0 Å². The van der Waals surface area contributed by atoms with Gasteiger partial charge in [0.1, 0.15) is 5.82 Å². The largest absolute Gasteiger partial charge is 0.338 e. The predicted molar refractivity (Wildman–Crippen MR) is 85.2 cm³/mol. The molecule has 2 nitrogen and oxygen atoms in total. The zero-order valence-corrected chi connectivity index (χ0v) is 12.6. The summed E-state index contributed by atoms with van der Waals surface area (Å²) >= 11 is 6.00. The Balaban J connectivity index is 2.02. The number of nitrogens with one attached hydrogen (secondary N) is 1. The second kappa shape index (κ2) is 4.64. The normalized spacial score (nSPS) is 12.0. The zero-order valence-electron chi connectivity index (χ0n) is 11.9. The molecule has 0 unspecified atom stereocenters. The van der Waals surface area contributed by atoms with Crippen LogP contribution in [0.3, 0.4) is 0 Å². The number of hydrogen-bond acceptors (Lipinski definition) is 1. The highest BCUT2D eigenvalue weighted by atomic mass is 35.5. The Labute approximate surface area is 123 Å². The van der Waals surface area contributed by atoms with Crippen LogP contribution in [0.25, 0.3) is 22.4 Å². The van der Waals surface area contributed by atoms with Gasteiger partial charge in [-0.3, -0.25) is 0 Å². The Bertz CT molecular complexity index is 749. The molecule has 1 aromatic heterocycles. The van der Waals surface area contributed by atoms with Crippen LogP contribution in [-0.2, 0) is 5.41 Å². The van der Waals surface area contributed by atoms with E-state index >= 15 is 0 Å². The number of fused-ring (bicyclic) bond motifs is 1. The fourth-order valence-electron chi connectivity index (χ4n) is 2.25. The number of halogens is 1. The molecule has 102 valence electrons. The minimum absolute atomic E-state index is 0.167. The van der Waals surface area contributed by atoms with Gasteiger partial charge in [-0.25, -0.2) is 4.98 Å². The first-order valence-corrected chi connectivity index (χ1v) is 7.07. The summed E-state index contributed by atoms with van der Waals surface area (Å²) in [7, 11) is 0. The number of aromatic nitrogens is 2. The Hall–Kier alpha value is -1.80. The lowest BCUT2D eigenvalue weighted by Crippen LogP contribution is -2.10. The van der Waals surface area contributed by atoms with Crippen molar-refractivity contribution in [2.24, 2.45) is 0 Å². The number of hydrogen-bond donors (Lipinski definition) is 1. The molecule has 2 aromatic carbocycles. The first-order valence-electron chi connectivity index (χ1n) is 6.70. The van der Waals surface area contributed by atoms with E-state index in [4.69, 9.17) is 11.6 Å². The monoisotopic (exact) mass is 284 g/mol. The molecule has 0 amide bonds. The highest BCUT2D eigenvalue weighted by Gasteiger charge is 2.13. The van der Waals surface area contributed by atoms with Crippen molar-refractivity contribution < 1.29 is 0 Å². The molecule has 1 N–H and O–H groups in total. The van der Waals surface area contributed by atoms with Crippen molar-refractivity contribution in [2.45, 2.75) is 26.2 Å². The van der Waals surface area contributed by atoms with Crippen LogP contribution in [0, 0.1) is 0 Å². The average molecular weight is 285 g/mol. The Morgan fingerprint density at radius 3 is 2.35 bits per heavy atom. The van der Waals surface area contributed by atoms with Crippen LogP contribution in [-0.4, -0.2) is 9.97 Å². The number of benzene rings is 2. The van der Waals surface area contributed by atoms with Crippen molar-refractivity contribution in [3.8, 4) is 11.4 Å². The summed E-state index contributed by atoms with van der Waals surface area (Å²) in [4.78, 5) is 7.92. The third kappa shape index (κ3) is 2.44. The molecule has 3 aromatic rings. The molecule has 0 saturated carbocycles. The summed E-state index contributed by atoms with van der Waals surface area (Å²) in [5.74, 6) is 0.878. The van der Waals surface area contributed by atoms with Gasteiger partial charge in [-0.1, -0.05) is 56.6 Å². The molecule has 0 aliphatic carbocycles. The quantitative estimate of drug-likeness (QED) is 0.655. The molecule has 0 atom stereocenters. The van der Waals surface area contributed by atoms with Crippen molar-refractivity contribution in [2.75, 3.05) is 0 Å². The molecule has 0 fully saturated rings. The fraction of sp³-hybridized carbons (Fsp3) is 0.235. The van der Waals surface area contributed by atoms with Crippen molar-refractivity contribution in [1.29, 1.82) is 0 Å². The third-order valence-corrected chi connectivity index (χ3v) is 3.70. The SMILES string of the molecule is CC(C)(C)c1ccc(-c2nc3ccc(Cl)cc3[nH]2)cc1. The molecule has 3 heteroatoms. The van der Waals surface area contributed by atoms with Gasteiger partial charge in [-0.05, 0) is 29.2 Å². The van der Waals surface area contributed by atoms with Gasteiger partial charge in [0.25, 0.3) is 0 Å². The van der Waals surface area contributed by atoms with Gasteiger partial charge in [0.15, 0.2) is 0 Å². The third-order valence-electron chi connectivity index (χ3n) is 3.47. The number of nitrogens with zero attached hydrogens (tertiary/aromatic N) is 1. The maximum Gasteiger partial charge on any atom is 0.138 e. The van der Waals surface area contributed by atoms with Gasteiger partial charge in [0, 0.05) is 10.6 Å². The summed E-state index contributed by atoms with van der Waals surface area (Å²) in [5.41, 5.74) is 4.47. The molecular weight excluding hydrogens is 268 g/mol. The topological polar surface area (TPSA) is 28.7 Å². The second-order valence-electron chi connectivity index (χ2n) is 6.07. The Morgan fingerprint density at radius 1 is 1.00 bits per heavy atom. The van der Waals surface area contributed by atoms with Gasteiger partial charge < -0.3 is 4.98 Å². The minimum atomic E-state index is 0.167. The van der Waals surface area contributed by atoms with Crippen molar-refractivity contribution in [3.05, 3.63) is 53.1 Å². The summed E-state index contributed by atoms with van der Waals surface area (Å²) in [6.07, 6.45) is 0. The van der Waals surface area contributed by atoms with Gasteiger partial charge in [0.2, 0.25) is 0 Å². The van der Waals surface area contributed by atoms with E-state index in [9.17, 15) is 0 Å². The van der Waals surface area contributed by atoms with Gasteiger partial charge in [-0.2, -0.15) is 0 Å². The Morgan fingerprint density at radius 2 is 1.70 bits per heavy atom. The minimum Gasteiger partial charge on any atom is -0.338 e. The van der Waals surface area contributed by atoms with Crippen LogP contribution in [0.15, 0.2) is 42.5 Å². The highest BCUT2D eigenvalue weighted by Crippen LogP contribution is 2.26. The summed E-state index contributed by atoms with van der Waals surface area (Å²) in [6.45, 7) is 6.64. The van der Waals surface area contributed by atoms with E-state index in [0.717, 1.165) is 27.4 Å². The lowest BCUT2D eigenvalue weighted by atomic mass is 9.87. The van der Waals surface area contributed by atoms with E-state index in [-0.39, 0.29) is 5.41 Å². The molecule has 0 saturated heterocycles. The molecule has 0 aliphatic rings. The smallest absolute Gasteiger partial charge is 0.138 e. The maximum absolute atomic E-state index is 6.00. The summed E-state index contributed by atoms with van der Waals surface area (Å²) < 4.78 is 0. The molecule has 0 aliphatic heterocycles. The molecule has 0 spiro atoms. The summed E-state index contributed by atoms with van der Waals surface area (Å²) in [6, 6.07) is 14.2. The van der Waals surface area contributed by atoms with Gasteiger partial charge >= 0.3 is 0 Å². The molecule has 0 bridgehead atoms. The lowest BCUT2D eigenvalue weighted by molar-refractivity contribution is 0.590. The van der Waals surface area contributed by atoms with E-state index in [1.807, 2.05) is 18.2 Å². The van der Waals surface area contributed by atoms with Crippen LogP contribution in [0.2, 0.25) is 5.02 Å². The second-order valence-corrected chi connectivity index (χ2v) is 6.51.